The smallest absolute Gasteiger partial charge is 0.348 e. The summed E-state index contributed by atoms with van der Waals surface area (Å²) in [5.74, 6) is -0.520. The van der Waals surface area contributed by atoms with Crippen molar-refractivity contribution in [2.24, 2.45) is 0 Å². The van der Waals surface area contributed by atoms with Gasteiger partial charge in [-0.25, -0.2) is 17.5 Å². The van der Waals surface area contributed by atoms with E-state index in [-0.39, 0.29) is 4.90 Å². The predicted molar refractivity (Wildman–Crippen MR) is 61.3 cm³/mol. The maximum absolute atomic E-state index is 11.9. The van der Waals surface area contributed by atoms with Gasteiger partial charge in [0.25, 0.3) is 0 Å². The molecule has 0 fully saturated rings. The molecule has 7 heteroatoms. The van der Waals surface area contributed by atoms with E-state index < -0.39 is 16.0 Å². The average Bonchev–Trinajstić information content (AvgIpc) is 2.59. The number of hydrogen-bond acceptors (Lipinski definition) is 5. The first-order chi connectivity index (χ1) is 7.30. The van der Waals surface area contributed by atoms with Gasteiger partial charge in [-0.05, 0) is 13.0 Å². The Balaban J connectivity index is 3.28. The molecule has 1 aromatic rings. The van der Waals surface area contributed by atoms with E-state index in [4.69, 9.17) is 0 Å². The summed E-state index contributed by atoms with van der Waals surface area (Å²) in [7, 11) is 0.666. The van der Waals surface area contributed by atoms with Crippen LogP contribution in [0.2, 0.25) is 0 Å². The Labute approximate surface area is 98.7 Å². The number of carbonyl (C=O) groups is 1. The molecule has 0 bridgehead atoms. The highest BCUT2D eigenvalue weighted by molar-refractivity contribution is 7.89. The van der Waals surface area contributed by atoms with Crippen LogP contribution in [-0.2, 0) is 14.8 Å². The number of ether oxygens (including phenoxy) is 1. The van der Waals surface area contributed by atoms with Gasteiger partial charge in [0.1, 0.15) is 4.88 Å². The highest BCUT2D eigenvalue weighted by Gasteiger charge is 2.24. The summed E-state index contributed by atoms with van der Waals surface area (Å²) in [6, 6.07) is 1.35. The van der Waals surface area contributed by atoms with E-state index in [9.17, 15) is 13.2 Å². The fourth-order valence-electron chi connectivity index (χ4n) is 1.12. The lowest BCUT2D eigenvalue weighted by molar-refractivity contribution is 0.0606. The number of sulfonamides is 1. The first kappa shape index (κ1) is 13.1. The molecule has 0 aliphatic heterocycles. The van der Waals surface area contributed by atoms with Gasteiger partial charge in [-0.2, -0.15) is 0 Å². The van der Waals surface area contributed by atoms with Crippen LogP contribution in [0.3, 0.4) is 0 Å². The number of carbonyl (C=O) groups excluding carboxylic acids is 1. The minimum absolute atomic E-state index is 0.155. The maximum Gasteiger partial charge on any atom is 0.348 e. The van der Waals surface area contributed by atoms with Crippen LogP contribution in [0.1, 0.15) is 14.5 Å². The van der Waals surface area contributed by atoms with Gasteiger partial charge in [0, 0.05) is 19.0 Å². The van der Waals surface area contributed by atoms with Crippen molar-refractivity contribution in [3.8, 4) is 0 Å². The Bertz CT molecular complexity index is 502. The molecule has 0 aromatic carbocycles. The van der Waals surface area contributed by atoms with Crippen molar-refractivity contribution in [2.45, 2.75) is 11.8 Å². The van der Waals surface area contributed by atoms with Gasteiger partial charge in [0.2, 0.25) is 10.0 Å². The number of thiophene rings is 1. The van der Waals surface area contributed by atoms with Crippen LogP contribution in [0, 0.1) is 6.92 Å². The standard InChI is InChI=1S/C9H13NO4S2/c1-6-8(16(12,13)10(2)3)5-7(15-6)9(11)14-4/h5H,1-4H3. The number of methoxy groups -OCH3 is 1. The van der Waals surface area contributed by atoms with Gasteiger partial charge < -0.3 is 4.74 Å². The van der Waals surface area contributed by atoms with Gasteiger partial charge in [0.15, 0.2) is 0 Å². The first-order valence-corrected chi connectivity index (χ1v) is 6.67. The largest absolute Gasteiger partial charge is 0.465 e. The van der Waals surface area contributed by atoms with Crippen molar-refractivity contribution in [3.63, 3.8) is 0 Å². The Kier molecular flexibility index (Phi) is 3.72. The van der Waals surface area contributed by atoms with E-state index in [1.165, 1.54) is 27.3 Å². The quantitative estimate of drug-likeness (QED) is 0.766. The van der Waals surface area contributed by atoms with Crippen LogP contribution >= 0.6 is 11.3 Å². The second kappa shape index (κ2) is 4.52. The molecule has 0 amide bonds. The molecule has 0 aliphatic carbocycles. The van der Waals surface area contributed by atoms with Crippen LogP contribution in [0.4, 0.5) is 0 Å². The molecule has 0 saturated carbocycles. The van der Waals surface area contributed by atoms with Crippen molar-refractivity contribution >= 4 is 27.3 Å². The summed E-state index contributed by atoms with van der Waals surface area (Å²) in [4.78, 5) is 12.3. The van der Waals surface area contributed by atoms with Crippen molar-refractivity contribution in [1.29, 1.82) is 0 Å². The summed E-state index contributed by atoms with van der Waals surface area (Å²) >= 11 is 1.11. The molecule has 0 aliphatic rings. The zero-order valence-corrected chi connectivity index (χ0v) is 11.1. The monoisotopic (exact) mass is 263 g/mol. The minimum atomic E-state index is -3.49. The van der Waals surface area contributed by atoms with Crippen molar-refractivity contribution in [2.75, 3.05) is 21.2 Å². The SMILES string of the molecule is COC(=O)c1cc(S(=O)(=O)N(C)C)c(C)s1. The normalized spacial score (nSPS) is 11.8. The van der Waals surface area contributed by atoms with Crippen molar-refractivity contribution < 1.29 is 17.9 Å². The van der Waals surface area contributed by atoms with Crippen molar-refractivity contribution in [1.82, 2.24) is 4.31 Å². The molecule has 0 N–H and O–H groups in total. The summed E-state index contributed by atoms with van der Waals surface area (Å²) in [5.41, 5.74) is 0. The fraction of sp³-hybridized carbons (Fsp3) is 0.444. The molecule has 16 heavy (non-hydrogen) atoms. The summed E-state index contributed by atoms with van der Waals surface area (Å²) in [5, 5.41) is 0. The lowest BCUT2D eigenvalue weighted by Crippen LogP contribution is -2.22. The van der Waals surface area contributed by atoms with Crippen LogP contribution in [-0.4, -0.2) is 39.9 Å². The molecular formula is C9H13NO4S2. The zero-order valence-electron chi connectivity index (χ0n) is 9.47. The third-order valence-corrected chi connectivity index (χ3v) is 5.12. The number of esters is 1. The number of hydrogen-bond donors (Lipinski definition) is 0. The van der Waals surface area contributed by atoms with Crippen LogP contribution in [0.5, 0.6) is 0 Å². The fourth-order valence-corrected chi connectivity index (χ4v) is 3.49. The Morgan fingerprint density at radius 1 is 1.44 bits per heavy atom. The van der Waals surface area contributed by atoms with Crippen molar-refractivity contribution in [3.05, 3.63) is 15.8 Å². The number of rotatable bonds is 3. The van der Waals surface area contributed by atoms with Gasteiger partial charge in [-0.3, -0.25) is 0 Å². The molecule has 0 spiro atoms. The maximum atomic E-state index is 11.9. The Morgan fingerprint density at radius 2 is 2.00 bits per heavy atom. The number of nitrogens with zero attached hydrogens (tertiary/aromatic N) is 1. The third-order valence-electron chi connectivity index (χ3n) is 2.02. The van der Waals surface area contributed by atoms with E-state index in [1.807, 2.05) is 0 Å². The van der Waals surface area contributed by atoms with Crippen LogP contribution in [0.15, 0.2) is 11.0 Å². The topological polar surface area (TPSA) is 63.7 Å². The second-order valence-electron chi connectivity index (χ2n) is 3.31. The van der Waals surface area contributed by atoms with E-state index in [0.717, 1.165) is 15.6 Å². The molecule has 5 nitrogen and oxygen atoms in total. The van der Waals surface area contributed by atoms with Crippen LogP contribution in [0.25, 0.3) is 0 Å². The lowest BCUT2D eigenvalue weighted by atomic mass is 10.4. The minimum Gasteiger partial charge on any atom is -0.465 e. The number of aryl methyl sites for hydroxylation is 1. The Morgan fingerprint density at radius 3 is 2.44 bits per heavy atom. The Hall–Kier alpha value is -0.920. The second-order valence-corrected chi connectivity index (χ2v) is 6.69. The predicted octanol–water partition coefficient (Wildman–Crippen LogP) is 1.09. The van der Waals surface area contributed by atoms with E-state index in [1.54, 1.807) is 6.92 Å². The zero-order chi connectivity index (χ0) is 12.5. The summed E-state index contributed by atoms with van der Waals surface area (Å²) in [6.45, 7) is 1.66. The molecule has 1 aromatic heterocycles. The highest BCUT2D eigenvalue weighted by atomic mass is 32.2. The van der Waals surface area contributed by atoms with E-state index in [2.05, 4.69) is 4.74 Å². The third kappa shape index (κ3) is 2.26. The average molecular weight is 263 g/mol. The molecule has 0 saturated heterocycles. The highest BCUT2D eigenvalue weighted by Crippen LogP contribution is 2.27. The van der Waals surface area contributed by atoms with Gasteiger partial charge in [-0.1, -0.05) is 0 Å². The van der Waals surface area contributed by atoms with Gasteiger partial charge in [0.05, 0.1) is 12.0 Å². The summed E-state index contributed by atoms with van der Waals surface area (Å²) in [6.07, 6.45) is 0. The van der Waals surface area contributed by atoms with E-state index in [0.29, 0.717) is 9.75 Å². The first-order valence-electron chi connectivity index (χ1n) is 4.42. The molecule has 0 atom stereocenters. The molecule has 1 heterocycles. The van der Waals surface area contributed by atoms with Gasteiger partial charge >= 0.3 is 5.97 Å². The van der Waals surface area contributed by atoms with Gasteiger partial charge in [-0.15, -0.1) is 11.3 Å². The molecule has 0 unspecified atom stereocenters. The summed E-state index contributed by atoms with van der Waals surface area (Å²) < 4.78 is 29.4. The lowest BCUT2D eigenvalue weighted by Gasteiger charge is -2.09. The van der Waals surface area contributed by atoms with E-state index >= 15 is 0 Å². The van der Waals surface area contributed by atoms with Crippen LogP contribution < -0.4 is 0 Å². The molecule has 90 valence electrons. The molecule has 1 rings (SSSR count). The molecular weight excluding hydrogens is 250 g/mol. The molecule has 0 radical (unpaired) electrons.